The maximum atomic E-state index is 11.3. The van der Waals surface area contributed by atoms with E-state index in [9.17, 15) is 9.59 Å². The molecule has 98 valence electrons. The van der Waals surface area contributed by atoms with Gasteiger partial charge in [-0.05, 0) is 12.1 Å². The van der Waals surface area contributed by atoms with Crippen LogP contribution in [0, 0.1) is 0 Å². The highest BCUT2D eigenvalue weighted by Crippen LogP contribution is 2.08. The molecule has 0 spiro atoms. The third-order valence-electron chi connectivity index (χ3n) is 2.27. The van der Waals surface area contributed by atoms with Gasteiger partial charge in [-0.1, -0.05) is 0 Å². The van der Waals surface area contributed by atoms with Gasteiger partial charge in [0.25, 0.3) is 5.91 Å². The van der Waals surface area contributed by atoms with Gasteiger partial charge < -0.3 is 20.5 Å². The number of nitrogens with zero attached hydrogens (tertiary/aromatic N) is 1. The van der Waals surface area contributed by atoms with Crippen molar-refractivity contribution in [2.75, 3.05) is 26.0 Å². The monoisotopic (exact) mass is 253 g/mol. The molecule has 0 aromatic carbocycles. The highest BCUT2D eigenvalue weighted by molar-refractivity contribution is 5.92. The molecular weight excluding hydrogens is 238 g/mol. The van der Waals surface area contributed by atoms with Crippen LogP contribution in [0.4, 0.5) is 5.69 Å². The molecule has 3 N–H and O–H groups in total. The van der Waals surface area contributed by atoms with E-state index in [0.29, 0.717) is 5.69 Å². The van der Waals surface area contributed by atoms with E-state index >= 15 is 0 Å². The summed E-state index contributed by atoms with van der Waals surface area (Å²) in [5.74, 6) is -1.36. The lowest BCUT2D eigenvalue weighted by molar-refractivity contribution is -0.147. The molecule has 1 rings (SSSR count). The molecule has 0 aliphatic carbocycles. The predicted molar refractivity (Wildman–Crippen MR) is 64.5 cm³/mol. The quantitative estimate of drug-likeness (QED) is 0.657. The fraction of sp³-hybridized carbons (Fsp3) is 0.364. The highest BCUT2D eigenvalue weighted by atomic mass is 16.5. The Labute approximate surface area is 104 Å². The molecule has 1 unspecified atom stereocenters. The van der Waals surface area contributed by atoms with E-state index in [2.05, 4.69) is 15.6 Å². The topological polar surface area (TPSA) is 101 Å². The third kappa shape index (κ3) is 3.70. The molecule has 0 bridgehead atoms. The first-order valence-electron chi connectivity index (χ1n) is 5.26. The minimum absolute atomic E-state index is 0.100. The number of anilines is 1. The number of hydrogen-bond donors (Lipinski definition) is 3. The Balaban J connectivity index is 2.68. The molecule has 0 aliphatic rings. The Hall–Kier alpha value is -2.15. The average molecular weight is 253 g/mol. The van der Waals surface area contributed by atoms with Gasteiger partial charge in [-0.2, -0.15) is 0 Å². The predicted octanol–water partition coefficient (Wildman–Crippen LogP) is -0.0473. The lowest BCUT2D eigenvalue weighted by Crippen LogP contribution is -2.30. The van der Waals surface area contributed by atoms with Gasteiger partial charge in [0.2, 0.25) is 0 Å². The maximum Gasteiger partial charge on any atom is 0.334 e. The molecule has 0 saturated heterocycles. The lowest BCUT2D eigenvalue weighted by atomic mass is 10.3. The molecule has 1 aromatic rings. The molecule has 18 heavy (non-hydrogen) atoms. The molecule has 0 saturated carbocycles. The van der Waals surface area contributed by atoms with Crippen LogP contribution in [0.15, 0.2) is 18.3 Å². The number of hydrogen-bond acceptors (Lipinski definition) is 5. The van der Waals surface area contributed by atoms with Crippen LogP contribution >= 0.6 is 0 Å². The van der Waals surface area contributed by atoms with Crippen molar-refractivity contribution < 1.29 is 19.4 Å². The van der Waals surface area contributed by atoms with Crippen molar-refractivity contribution in [1.29, 1.82) is 0 Å². The fourth-order valence-corrected chi connectivity index (χ4v) is 1.27. The molecular formula is C11H15N3O4. The number of pyridine rings is 1. The summed E-state index contributed by atoms with van der Waals surface area (Å²) in [7, 11) is 2.83. The SMILES string of the molecule is CNC(=O)c1cc(NCC(OC)C(=O)O)ccn1. The van der Waals surface area contributed by atoms with Crippen molar-refractivity contribution in [1.82, 2.24) is 10.3 Å². The second-order valence-corrected chi connectivity index (χ2v) is 3.45. The molecule has 0 fully saturated rings. The highest BCUT2D eigenvalue weighted by Gasteiger charge is 2.15. The van der Waals surface area contributed by atoms with Crippen LogP contribution in [0.3, 0.4) is 0 Å². The number of aromatic nitrogens is 1. The molecule has 1 aromatic heterocycles. The zero-order valence-corrected chi connectivity index (χ0v) is 10.1. The van der Waals surface area contributed by atoms with Gasteiger partial charge in [-0.25, -0.2) is 4.79 Å². The number of carbonyl (C=O) groups is 2. The van der Waals surface area contributed by atoms with Crippen molar-refractivity contribution in [3.8, 4) is 0 Å². The van der Waals surface area contributed by atoms with E-state index in [1.165, 1.54) is 26.4 Å². The summed E-state index contributed by atoms with van der Waals surface area (Å²) in [6.07, 6.45) is 0.525. The summed E-state index contributed by atoms with van der Waals surface area (Å²) >= 11 is 0. The van der Waals surface area contributed by atoms with Gasteiger partial charge in [0, 0.05) is 26.0 Å². The lowest BCUT2D eigenvalue weighted by Gasteiger charge is -2.12. The summed E-state index contributed by atoms with van der Waals surface area (Å²) in [5, 5.41) is 14.1. The maximum absolute atomic E-state index is 11.3. The van der Waals surface area contributed by atoms with Gasteiger partial charge >= 0.3 is 5.97 Å². The van der Waals surface area contributed by atoms with Gasteiger partial charge in [-0.3, -0.25) is 9.78 Å². The first-order chi connectivity index (χ1) is 8.58. The Morgan fingerprint density at radius 2 is 2.28 bits per heavy atom. The van der Waals surface area contributed by atoms with E-state index in [0.717, 1.165) is 0 Å². The van der Waals surface area contributed by atoms with Gasteiger partial charge in [-0.15, -0.1) is 0 Å². The van der Waals surface area contributed by atoms with E-state index in [1.807, 2.05) is 0 Å². The number of ether oxygens (including phenoxy) is 1. The summed E-state index contributed by atoms with van der Waals surface area (Å²) in [5.41, 5.74) is 0.860. The van der Waals surface area contributed by atoms with Crippen LogP contribution in [0.2, 0.25) is 0 Å². The van der Waals surface area contributed by atoms with Gasteiger partial charge in [0.05, 0.1) is 6.54 Å². The number of carboxylic acids is 1. The van der Waals surface area contributed by atoms with Crippen LogP contribution in [0.5, 0.6) is 0 Å². The number of aliphatic carboxylic acids is 1. The van der Waals surface area contributed by atoms with E-state index in [1.54, 1.807) is 6.07 Å². The van der Waals surface area contributed by atoms with Crippen molar-refractivity contribution in [2.45, 2.75) is 6.10 Å². The number of carbonyl (C=O) groups excluding carboxylic acids is 1. The zero-order valence-electron chi connectivity index (χ0n) is 10.1. The van der Waals surface area contributed by atoms with Crippen LogP contribution in [0.25, 0.3) is 0 Å². The van der Waals surface area contributed by atoms with Crippen molar-refractivity contribution >= 4 is 17.6 Å². The normalized spacial score (nSPS) is 11.7. The van der Waals surface area contributed by atoms with E-state index in [-0.39, 0.29) is 18.1 Å². The van der Waals surface area contributed by atoms with Crippen LogP contribution in [0.1, 0.15) is 10.5 Å². The smallest absolute Gasteiger partial charge is 0.334 e. The number of methoxy groups -OCH3 is 1. The van der Waals surface area contributed by atoms with Gasteiger partial charge in [0.15, 0.2) is 6.10 Å². The van der Waals surface area contributed by atoms with Crippen molar-refractivity contribution in [2.24, 2.45) is 0 Å². The number of nitrogens with one attached hydrogen (secondary N) is 2. The van der Waals surface area contributed by atoms with Gasteiger partial charge in [0.1, 0.15) is 5.69 Å². The second kappa shape index (κ2) is 6.55. The van der Waals surface area contributed by atoms with Crippen molar-refractivity contribution in [3.63, 3.8) is 0 Å². The minimum Gasteiger partial charge on any atom is -0.479 e. The Bertz CT molecular complexity index is 436. The van der Waals surface area contributed by atoms with Crippen LogP contribution in [-0.2, 0) is 9.53 Å². The standard InChI is InChI=1S/C11H15N3O4/c1-12-10(15)8-5-7(3-4-13-8)14-6-9(18-2)11(16)17/h3-5,9H,6H2,1-2H3,(H,12,15)(H,13,14)(H,16,17). The van der Waals surface area contributed by atoms with Crippen LogP contribution in [-0.4, -0.2) is 48.8 Å². The average Bonchev–Trinajstić information content (AvgIpc) is 2.38. The Kier molecular flexibility index (Phi) is 5.06. The summed E-state index contributed by atoms with van der Waals surface area (Å²) in [6.45, 7) is 0.100. The number of rotatable bonds is 6. The summed E-state index contributed by atoms with van der Waals surface area (Å²) in [4.78, 5) is 26.0. The molecule has 0 aliphatic heterocycles. The first kappa shape index (κ1) is 13.9. The number of carboxylic acid groups (broad SMARTS) is 1. The molecule has 1 amide bonds. The first-order valence-corrected chi connectivity index (χ1v) is 5.26. The third-order valence-corrected chi connectivity index (χ3v) is 2.27. The summed E-state index contributed by atoms with van der Waals surface area (Å²) < 4.78 is 4.78. The Morgan fingerprint density at radius 1 is 1.56 bits per heavy atom. The molecule has 1 heterocycles. The zero-order chi connectivity index (χ0) is 13.5. The van der Waals surface area contributed by atoms with E-state index in [4.69, 9.17) is 9.84 Å². The molecule has 1 atom stereocenters. The minimum atomic E-state index is -1.05. The summed E-state index contributed by atoms with van der Waals surface area (Å²) in [6, 6.07) is 3.18. The number of amides is 1. The van der Waals surface area contributed by atoms with Crippen molar-refractivity contribution in [3.05, 3.63) is 24.0 Å². The fourth-order valence-electron chi connectivity index (χ4n) is 1.27. The second-order valence-electron chi connectivity index (χ2n) is 3.45. The Morgan fingerprint density at radius 3 is 2.83 bits per heavy atom. The van der Waals surface area contributed by atoms with E-state index < -0.39 is 12.1 Å². The van der Waals surface area contributed by atoms with Crippen LogP contribution < -0.4 is 10.6 Å². The largest absolute Gasteiger partial charge is 0.479 e. The molecule has 7 nitrogen and oxygen atoms in total. The molecule has 7 heteroatoms. The molecule has 0 radical (unpaired) electrons.